The number of nitro benzene ring substituents is 1. The predicted molar refractivity (Wildman–Crippen MR) is 230 cm³/mol. The Hall–Kier alpha value is -5.14. The molecule has 0 aromatic heterocycles. The molecule has 0 atom stereocenters. The van der Waals surface area contributed by atoms with Crippen molar-refractivity contribution < 1.29 is 33.0 Å². The Morgan fingerprint density at radius 2 is 1.16 bits per heavy atom. The summed E-state index contributed by atoms with van der Waals surface area (Å²) in [6.45, 7) is 26.3. The summed E-state index contributed by atoms with van der Waals surface area (Å²) >= 11 is 2.18. The number of aliphatic imine (C=N–C) groups is 1. The summed E-state index contributed by atoms with van der Waals surface area (Å²) in [6.07, 6.45) is 1.75. The van der Waals surface area contributed by atoms with Crippen LogP contribution in [-0.2, 0) is 17.9 Å². The molecule has 0 unspecified atom stereocenters. The van der Waals surface area contributed by atoms with Gasteiger partial charge in [0.2, 0.25) is 0 Å². The molecule has 1 aliphatic heterocycles. The average Bonchev–Trinajstić information content (AvgIpc) is 3.59. The fraction of sp³-hybridized carbons (Fsp3) is 0.298. The number of nitro groups is 1. The molecule has 1 saturated heterocycles. The van der Waals surface area contributed by atoms with E-state index in [1.165, 1.54) is 74.1 Å². The number of hydrogen-bond donors (Lipinski definition) is 2. The molecule has 5 aromatic carbocycles. The second-order valence-corrected chi connectivity index (χ2v) is 15.5. The molecule has 1 heterocycles. The van der Waals surface area contributed by atoms with Crippen molar-refractivity contribution in [2.24, 2.45) is 4.99 Å². The van der Waals surface area contributed by atoms with E-state index >= 15 is 0 Å². The van der Waals surface area contributed by atoms with Crippen LogP contribution in [0.15, 0.2) is 89.9 Å². The monoisotopic (exact) mass is 841 g/mol. The first-order valence-corrected chi connectivity index (χ1v) is 19.9. The summed E-state index contributed by atoms with van der Waals surface area (Å²) in [5.41, 5.74) is 15.5. The van der Waals surface area contributed by atoms with E-state index in [0.717, 1.165) is 24.3 Å². The van der Waals surface area contributed by atoms with Gasteiger partial charge in [0.15, 0.2) is 0 Å². The van der Waals surface area contributed by atoms with Crippen LogP contribution in [0, 0.1) is 58.3 Å². The number of para-hydroxylation sites is 2. The van der Waals surface area contributed by atoms with E-state index in [0.29, 0.717) is 17.4 Å². The van der Waals surface area contributed by atoms with E-state index in [-0.39, 0.29) is 17.2 Å². The van der Waals surface area contributed by atoms with Gasteiger partial charge in [-0.05, 0) is 98.9 Å². The molecule has 0 amide bonds. The Labute approximate surface area is 342 Å². The van der Waals surface area contributed by atoms with Crippen LogP contribution in [0.3, 0.4) is 0 Å². The van der Waals surface area contributed by atoms with Gasteiger partial charge in [-0.1, -0.05) is 93.4 Å². The van der Waals surface area contributed by atoms with Crippen LogP contribution >= 0.6 is 0 Å². The summed E-state index contributed by atoms with van der Waals surface area (Å²) < 4.78 is 1.54. The number of hydrogen-bond acceptors (Lipinski definition) is 7. The van der Waals surface area contributed by atoms with Crippen LogP contribution in [0.1, 0.15) is 95.2 Å². The summed E-state index contributed by atoms with van der Waals surface area (Å²) in [6, 6.07) is 26.6. The van der Waals surface area contributed by atoms with Gasteiger partial charge in [-0.15, -0.1) is 0 Å². The molecule has 295 valence electrons. The number of nitrogens with zero attached hydrogens (tertiary/aromatic N) is 4. The molecule has 6 rings (SSSR count). The van der Waals surface area contributed by atoms with Crippen molar-refractivity contribution in [2.45, 2.75) is 81.1 Å². The number of non-ortho nitro benzene ring substituents is 1. The van der Waals surface area contributed by atoms with E-state index in [1.54, 1.807) is 16.9 Å². The zero-order valence-electron chi connectivity index (χ0n) is 34.2. The quantitative estimate of drug-likeness (QED) is 0.0530. The van der Waals surface area contributed by atoms with Crippen molar-refractivity contribution in [3.63, 3.8) is 0 Å². The molecule has 0 spiro atoms. The molecule has 5 aromatic rings. The van der Waals surface area contributed by atoms with Crippen LogP contribution in [0.25, 0.3) is 0 Å². The molecule has 0 bridgehead atoms. The van der Waals surface area contributed by atoms with E-state index in [1.807, 2.05) is 18.2 Å². The third kappa shape index (κ3) is 11.0. The standard InChI is InChI=1S/C21H27N2.C19H23NO.C7H5NO3.Ru/c1-14-9-16(3)20(17(4)10-14)22-7-8-23(13-22)21-18(5)11-15(2)12-19(21)6;1-13(2)16-9-7-10-17(14(3)4)19(16)20-12-15-8-5-6-11-18(15)21;1-5-4-6(8(10)11)2-3-7(5)9;/h9-13H,7-8H2,1-6H3;5-14,21H,1-4H3;1-4,9H;/q-1;;;+1. The number of benzene rings is 5. The predicted octanol–water partition coefficient (Wildman–Crippen LogP) is 11.4. The van der Waals surface area contributed by atoms with Gasteiger partial charge >= 0.3 is 77.8 Å². The molecule has 2 N–H and O–H groups in total. The van der Waals surface area contributed by atoms with Crippen LogP contribution in [-0.4, -0.2) is 39.0 Å². The third-order valence-corrected chi connectivity index (χ3v) is 10.2. The van der Waals surface area contributed by atoms with E-state index in [2.05, 4.69) is 146 Å². The molecule has 0 aliphatic carbocycles. The van der Waals surface area contributed by atoms with E-state index in [9.17, 15) is 15.2 Å². The first-order valence-electron chi connectivity index (χ1n) is 18.9. The normalized spacial score (nSPS) is 12.4. The maximum absolute atomic E-state index is 10.3. The summed E-state index contributed by atoms with van der Waals surface area (Å²) in [5, 5.41) is 29.3. The molecule has 0 saturated carbocycles. The summed E-state index contributed by atoms with van der Waals surface area (Å²) in [4.78, 5) is 19.3. The van der Waals surface area contributed by atoms with Gasteiger partial charge in [0.25, 0.3) is 0 Å². The second-order valence-electron chi connectivity index (χ2n) is 15.0. The summed E-state index contributed by atoms with van der Waals surface area (Å²) in [7, 11) is 0. The average molecular weight is 841 g/mol. The Balaban J connectivity index is 0.000000196. The molecule has 8 nitrogen and oxygen atoms in total. The van der Waals surface area contributed by atoms with Crippen LogP contribution in [0.5, 0.6) is 11.5 Å². The molecule has 9 heteroatoms. The van der Waals surface area contributed by atoms with Crippen LogP contribution in [0.4, 0.5) is 22.7 Å². The van der Waals surface area contributed by atoms with Gasteiger partial charge in [-0.2, -0.15) is 6.67 Å². The number of phenolic OH excluding ortho intramolecular Hbond substituents is 2. The minimum absolute atomic E-state index is 0.0243. The number of aromatic hydroxyl groups is 2. The van der Waals surface area contributed by atoms with Gasteiger partial charge in [-0.25, -0.2) is 0 Å². The van der Waals surface area contributed by atoms with Crippen molar-refractivity contribution >= 4 is 33.6 Å². The van der Waals surface area contributed by atoms with Crippen molar-refractivity contribution in [1.82, 2.24) is 0 Å². The number of aryl methyl sites for hydroxylation is 6. The zero-order chi connectivity index (χ0) is 41.3. The number of anilines is 2. The van der Waals surface area contributed by atoms with Crippen molar-refractivity contribution in [3.8, 4) is 11.5 Å². The van der Waals surface area contributed by atoms with Gasteiger partial charge in [-0.3, -0.25) is 4.99 Å². The first-order chi connectivity index (χ1) is 26.5. The maximum atomic E-state index is 10.3. The number of rotatable bonds is 8. The first kappa shape index (κ1) is 43.6. The Morgan fingerprint density at radius 3 is 1.59 bits per heavy atom. The Morgan fingerprint density at radius 1 is 0.696 bits per heavy atom. The molecule has 1 aliphatic rings. The van der Waals surface area contributed by atoms with Crippen LogP contribution < -0.4 is 9.80 Å². The fourth-order valence-corrected chi connectivity index (χ4v) is 7.62. The molecule has 1 fully saturated rings. The van der Waals surface area contributed by atoms with Crippen molar-refractivity contribution in [1.29, 1.82) is 0 Å². The third-order valence-electron chi connectivity index (χ3n) is 9.65. The van der Waals surface area contributed by atoms with Gasteiger partial charge < -0.3 is 14.9 Å². The topological polar surface area (TPSA) is 102 Å². The Bertz CT molecular complexity index is 2080. The molecular formula is C47H55N4O4Ru. The SMILES string of the molecule is CC(C)c1cccc(C(C)C)c1N=Cc1ccccc1O.Cc1cc(C)c(N2[CH-]N(c3c(C)cc(C)cc3C)CC2)c(C)c1.O=[N+]([O-])c1ccc(O)c([CH]=[Ru+])c1. The molecule has 0 radical (unpaired) electrons. The Kier molecular flexibility index (Phi) is 15.3. The van der Waals surface area contributed by atoms with Crippen LogP contribution in [0.2, 0.25) is 0 Å². The number of phenols is 2. The van der Waals surface area contributed by atoms with Crippen molar-refractivity contribution in [3.05, 3.63) is 157 Å². The minimum atomic E-state index is -0.501. The van der Waals surface area contributed by atoms with E-state index in [4.69, 9.17) is 10.1 Å². The molecular weight excluding hydrogens is 786 g/mol. The fourth-order valence-electron chi connectivity index (χ4n) is 7.22. The zero-order valence-corrected chi connectivity index (χ0v) is 36.0. The van der Waals surface area contributed by atoms with E-state index < -0.39 is 4.92 Å². The van der Waals surface area contributed by atoms with Gasteiger partial charge in [0, 0.05) is 36.2 Å². The summed E-state index contributed by atoms with van der Waals surface area (Å²) in [5.74, 6) is 1.13. The molecule has 56 heavy (non-hydrogen) atoms. The van der Waals surface area contributed by atoms with Gasteiger partial charge in [0.1, 0.15) is 5.75 Å². The van der Waals surface area contributed by atoms with Crippen molar-refractivity contribution in [2.75, 3.05) is 22.9 Å². The second kappa shape index (κ2) is 19.6. The van der Waals surface area contributed by atoms with Gasteiger partial charge in [0.05, 0.1) is 5.69 Å².